The number of anilines is 4. The molecule has 12 rings (SSSR count). The van der Waals surface area contributed by atoms with Crippen LogP contribution in [0.2, 0.25) is 0 Å². The van der Waals surface area contributed by atoms with Crippen LogP contribution in [0.1, 0.15) is 203 Å². The van der Waals surface area contributed by atoms with E-state index in [0.29, 0.717) is 73.5 Å². The zero-order chi connectivity index (χ0) is 73.6. The lowest BCUT2D eigenvalue weighted by Crippen LogP contribution is -2.64. The van der Waals surface area contributed by atoms with Gasteiger partial charge in [0.25, 0.3) is 0 Å². The first-order chi connectivity index (χ1) is 49.0. The Bertz CT molecular complexity index is 4090. The number of β-amino-alcohol motifs (C(OH)–C–C–N with tert-alkyl or cyclic N) is 1. The number of para-hydroxylation sites is 1. The van der Waals surface area contributed by atoms with E-state index >= 15 is 0 Å². The average molecular weight is 1450 g/mol. The van der Waals surface area contributed by atoms with Crippen molar-refractivity contribution in [2.45, 2.75) is 221 Å². The van der Waals surface area contributed by atoms with E-state index < -0.39 is 29.6 Å². The van der Waals surface area contributed by atoms with Gasteiger partial charge < -0.3 is 50.5 Å². The van der Waals surface area contributed by atoms with E-state index in [1.165, 1.54) is 22.7 Å². The van der Waals surface area contributed by atoms with Crippen LogP contribution in [0.15, 0.2) is 78.4 Å². The number of hydrogen-bond donors (Lipinski definition) is 5. The second kappa shape index (κ2) is 32.3. The van der Waals surface area contributed by atoms with Gasteiger partial charge in [-0.2, -0.15) is 5.10 Å². The average Bonchev–Trinajstić information content (AvgIpc) is 0.742. The minimum Gasteiger partial charge on any atom is -0.476 e. The SMILES string of the molecule is Cc1cc(N(CCCCN(C)C(=O)CCCCCCCCCCC(=O)N[C@H](C(=O)N2C[C@H](O)C[C@H]2C(=O)N[C@@H](C)c2ccc(-c3scnc3C)cc2)C(C)(C)C)c2ccc(-c3cnn(CC45CC6(C)CC(C)(C4)CC(OCCN(C)C)(C6)C5)c3C)c(C(=O)O)n2)nnc1Nc1nc2ccccc2s1. The third kappa shape index (κ3) is 18.5. The lowest BCUT2D eigenvalue weighted by molar-refractivity contribution is -0.248. The fourth-order valence-corrected chi connectivity index (χ4v) is 19.3. The van der Waals surface area contributed by atoms with Gasteiger partial charge in [0, 0.05) is 75.9 Å². The molecule has 4 amide bonds. The molecule has 6 atom stereocenters. The molecule has 4 aliphatic carbocycles. The van der Waals surface area contributed by atoms with Gasteiger partial charge in [-0.1, -0.05) is 121 Å². The molecule has 1 saturated heterocycles. The molecule has 2 unspecified atom stereocenters. The number of pyridine rings is 1. The maximum atomic E-state index is 14.3. The van der Waals surface area contributed by atoms with Crippen LogP contribution in [-0.4, -0.2) is 167 Å². The normalized spacial score (nSPS) is 22.0. The summed E-state index contributed by atoms with van der Waals surface area (Å²) in [6, 6.07) is 19.5. The van der Waals surface area contributed by atoms with E-state index in [4.69, 9.17) is 24.9 Å². The van der Waals surface area contributed by atoms with Crippen molar-refractivity contribution in [2.24, 2.45) is 21.7 Å². The number of amides is 4. The lowest BCUT2D eigenvalue weighted by atomic mass is 9.39. The van der Waals surface area contributed by atoms with Crippen LogP contribution in [-0.2, 0) is 30.5 Å². The molecule has 1 aliphatic heterocycles. The topological polar surface area (TPSA) is 266 Å². The summed E-state index contributed by atoms with van der Waals surface area (Å²) >= 11 is 3.11. The number of carboxylic acid groups (broad SMARTS) is 1. The molecular weight excluding hydrogens is 1340 g/mol. The summed E-state index contributed by atoms with van der Waals surface area (Å²) in [7, 11) is 6.03. The summed E-state index contributed by atoms with van der Waals surface area (Å²) in [6.07, 6.45) is 17.0. The number of hydrogen-bond acceptors (Lipinski definition) is 18. The summed E-state index contributed by atoms with van der Waals surface area (Å²) in [5.74, 6) is -0.519. The van der Waals surface area contributed by atoms with E-state index in [0.717, 1.165) is 139 Å². The number of carboxylic acids is 1. The van der Waals surface area contributed by atoms with Gasteiger partial charge in [0.2, 0.25) is 23.6 Å². The number of thiazole rings is 2. The third-order valence-corrected chi connectivity index (χ3v) is 23.7. The number of carbonyl (C=O) groups excluding carboxylic acids is 4. The van der Waals surface area contributed by atoms with Crippen LogP contribution < -0.4 is 20.9 Å². The fourth-order valence-electron chi connectivity index (χ4n) is 17.7. The van der Waals surface area contributed by atoms with Crippen LogP contribution in [0.3, 0.4) is 0 Å². The summed E-state index contributed by atoms with van der Waals surface area (Å²) in [5, 5.41) is 46.2. The Labute approximate surface area is 615 Å². The first-order valence-corrected chi connectivity index (χ1v) is 38.8. The molecule has 0 radical (unpaired) electrons. The Balaban J connectivity index is 0.638. The van der Waals surface area contributed by atoms with Gasteiger partial charge in [0.05, 0.1) is 56.8 Å². The molecule has 103 heavy (non-hydrogen) atoms. The Hall–Kier alpha value is -7.77. The number of likely N-dealkylation sites (tertiary alicyclic amines) is 1. The van der Waals surface area contributed by atoms with Gasteiger partial charge in [-0.3, -0.25) is 23.9 Å². The molecule has 4 bridgehead atoms. The van der Waals surface area contributed by atoms with Crippen molar-refractivity contribution in [1.82, 2.24) is 60.3 Å². The maximum Gasteiger partial charge on any atom is 0.355 e. The predicted octanol–water partition coefficient (Wildman–Crippen LogP) is 14.2. The first-order valence-electron chi connectivity index (χ1n) is 37.1. The van der Waals surface area contributed by atoms with Crippen molar-refractivity contribution in [3.63, 3.8) is 0 Å². The summed E-state index contributed by atoms with van der Waals surface area (Å²) < 4.78 is 10.1. The molecule has 5 aromatic heterocycles. The highest BCUT2D eigenvalue weighted by molar-refractivity contribution is 7.22. The monoisotopic (exact) mass is 1440 g/mol. The highest BCUT2D eigenvalue weighted by Gasteiger charge is 2.66. The molecular formula is C79H108N14O8S2. The molecule has 24 heteroatoms. The molecule has 554 valence electrons. The van der Waals surface area contributed by atoms with Gasteiger partial charge in [0.1, 0.15) is 17.9 Å². The summed E-state index contributed by atoms with van der Waals surface area (Å²) in [5.41, 5.74) is 8.06. The van der Waals surface area contributed by atoms with Crippen LogP contribution in [0.5, 0.6) is 0 Å². The number of likely N-dealkylation sites (N-methyl/N-ethyl adjacent to an activating group) is 1. The van der Waals surface area contributed by atoms with E-state index in [1.54, 1.807) is 22.4 Å². The number of carbonyl (C=O) groups is 5. The molecule has 5 N–H and O–H groups in total. The molecule has 4 saturated carbocycles. The number of fused-ring (bicyclic) bond motifs is 1. The number of aryl methyl sites for hydroxylation is 2. The minimum absolute atomic E-state index is 0.00263. The van der Waals surface area contributed by atoms with Crippen molar-refractivity contribution >= 4 is 85.1 Å². The number of aliphatic hydroxyl groups is 1. The molecule has 6 heterocycles. The zero-order valence-electron chi connectivity index (χ0n) is 62.6. The molecule has 2 aromatic carbocycles. The quantitative estimate of drug-likeness (QED) is 0.0235. The summed E-state index contributed by atoms with van der Waals surface area (Å²) in [4.78, 5) is 90.9. The number of unbranched alkanes of at least 4 members (excludes halogenated alkanes) is 8. The maximum absolute atomic E-state index is 14.3. The van der Waals surface area contributed by atoms with Crippen molar-refractivity contribution < 1.29 is 38.9 Å². The number of rotatable bonds is 34. The smallest absolute Gasteiger partial charge is 0.355 e. The number of nitrogens with zero attached hydrogens (tertiary/aromatic N) is 11. The number of nitrogens with one attached hydrogen (secondary N) is 3. The van der Waals surface area contributed by atoms with Gasteiger partial charge >= 0.3 is 5.97 Å². The second-order valence-electron chi connectivity index (χ2n) is 32.4. The second-order valence-corrected chi connectivity index (χ2v) is 34.3. The molecule has 0 spiro atoms. The highest BCUT2D eigenvalue weighted by Crippen LogP contribution is 2.72. The lowest BCUT2D eigenvalue weighted by Gasteiger charge is -2.69. The van der Waals surface area contributed by atoms with Crippen LogP contribution in [0.4, 0.5) is 22.6 Å². The Morgan fingerprint density at radius 1 is 0.767 bits per heavy atom. The van der Waals surface area contributed by atoms with E-state index in [-0.39, 0.29) is 76.6 Å². The number of aromatic nitrogens is 7. The van der Waals surface area contributed by atoms with E-state index in [1.807, 2.05) is 133 Å². The van der Waals surface area contributed by atoms with Gasteiger partial charge in [-0.25, -0.2) is 19.7 Å². The highest BCUT2D eigenvalue weighted by atomic mass is 32.1. The van der Waals surface area contributed by atoms with Crippen molar-refractivity contribution in [3.8, 4) is 21.6 Å². The van der Waals surface area contributed by atoms with Gasteiger partial charge in [-0.15, -0.1) is 21.5 Å². The third-order valence-electron chi connectivity index (χ3n) is 21.8. The van der Waals surface area contributed by atoms with Crippen LogP contribution >= 0.6 is 22.7 Å². The van der Waals surface area contributed by atoms with Crippen molar-refractivity contribution in [3.05, 3.63) is 107 Å². The molecule has 5 fully saturated rings. The summed E-state index contributed by atoms with van der Waals surface area (Å²) in [6.45, 7) is 21.8. The van der Waals surface area contributed by atoms with Crippen molar-refractivity contribution in [1.29, 1.82) is 0 Å². The largest absolute Gasteiger partial charge is 0.476 e. The number of aliphatic hydroxyl groups excluding tert-OH is 1. The number of ether oxygens (including phenoxy) is 1. The number of benzene rings is 2. The Kier molecular flexibility index (Phi) is 23.9. The predicted molar refractivity (Wildman–Crippen MR) is 407 cm³/mol. The van der Waals surface area contributed by atoms with Gasteiger partial charge in [0.15, 0.2) is 22.5 Å². The zero-order valence-corrected chi connectivity index (χ0v) is 64.2. The van der Waals surface area contributed by atoms with E-state index in [9.17, 15) is 34.2 Å². The standard InChI is InChI=1S/C79H108N14O8S2/c1-51-39-64(87-88-70(51)86-74-83-60-25-21-22-26-62(60)103-74)91(63-34-33-58(67(84-63)73(99)100)59-41-81-93(54(59)4)49-78-44-76(8)43-77(9,45-78)47-79(46-76,48-78)101-38-37-89(10)11)36-24-23-35-90(12)66(96)28-20-18-16-14-13-15-17-19-27-65(95)85-69(75(5,6)7)72(98)92-42-57(94)40-61(92)71(97)82-52(2)55-29-31-56(32-30-55)68-53(3)80-50-102-68/h21-22,25-26,29-34,39,41,50,52,57,61,69,94H,13-20,23-24,27-28,35-38,40,42-49H2,1-12H3,(H,82,97)(H,85,95)(H,99,100)(H,83,86,88)/t52-,57+,61-,69+,76?,77?,78?,79?/m0/s1. The van der Waals surface area contributed by atoms with Gasteiger partial charge in [-0.05, 0) is 175 Å². The molecule has 5 aliphatic rings. The van der Waals surface area contributed by atoms with E-state index in [2.05, 4.69) is 63.6 Å². The fraction of sp³-hybridized carbons (Fsp3) is 0.582. The number of aromatic carboxylic acids is 1. The van der Waals surface area contributed by atoms with Crippen LogP contribution in [0, 0.1) is 42.4 Å². The Morgan fingerprint density at radius 3 is 2.12 bits per heavy atom. The molecule has 22 nitrogen and oxygen atoms in total. The Morgan fingerprint density at radius 2 is 1.46 bits per heavy atom. The molecule has 7 aromatic rings. The minimum atomic E-state index is -1.15. The van der Waals surface area contributed by atoms with Crippen LogP contribution in [0.25, 0.3) is 31.8 Å². The first kappa shape index (κ1) is 76.4. The van der Waals surface area contributed by atoms with Crippen molar-refractivity contribution in [2.75, 3.05) is 64.1 Å².